The lowest BCUT2D eigenvalue weighted by Gasteiger charge is -2.06. The largest absolute Gasteiger partial charge is 0.291 e. The van der Waals surface area contributed by atoms with Crippen molar-refractivity contribution >= 4 is 11.8 Å². The Morgan fingerprint density at radius 1 is 1.78 bits per heavy atom. The first-order valence-electron chi connectivity index (χ1n) is 2.73. The van der Waals surface area contributed by atoms with Crippen molar-refractivity contribution < 1.29 is 9.59 Å². The molecule has 0 saturated carbocycles. The van der Waals surface area contributed by atoms with Crippen LogP contribution in [0.1, 0.15) is 6.92 Å². The third kappa shape index (κ3) is 1.08. The Morgan fingerprint density at radius 2 is 2.44 bits per heavy atom. The molecule has 1 saturated heterocycles. The van der Waals surface area contributed by atoms with E-state index in [0.717, 1.165) is 0 Å². The Morgan fingerprint density at radius 3 is 2.67 bits per heavy atom. The van der Waals surface area contributed by atoms with Crippen LogP contribution in [-0.4, -0.2) is 29.9 Å². The summed E-state index contributed by atoms with van der Waals surface area (Å²) in [7, 11) is 0. The van der Waals surface area contributed by atoms with Gasteiger partial charge in [0.1, 0.15) is 0 Å². The molecular formula is C5H8N2O2. The van der Waals surface area contributed by atoms with Gasteiger partial charge in [-0.2, -0.15) is 0 Å². The lowest BCUT2D eigenvalue weighted by Crippen LogP contribution is -2.30. The zero-order chi connectivity index (χ0) is 6.85. The van der Waals surface area contributed by atoms with Crippen molar-refractivity contribution in [3.05, 3.63) is 0 Å². The average Bonchev–Trinajstić information content (AvgIpc) is 2.13. The van der Waals surface area contributed by atoms with Gasteiger partial charge in [-0.25, -0.2) is 0 Å². The molecule has 2 amide bonds. The molecule has 0 radical (unpaired) electrons. The van der Waals surface area contributed by atoms with Crippen molar-refractivity contribution in [1.29, 1.82) is 0 Å². The Hall–Kier alpha value is -0.900. The summed E-state index contributed by atoms with van der Waals surface area (Å²) in [4.78, 5) is 22.4. The van der Waals surface area contributed by atoms with Crippen LogP contribution in [0.4, 0.5) is 0 Å². The van der Waals surface area contributed by atoms with E-state index in [4.69, 9.17) is 0 Å². The van der Waals surface area contributed by atoms with E-state index in [2.05, 4.69) is 5.32 Å². The summed E-state index contributed by atoms with van der Waals surface area (Å²) in [5, 5.41) is 2.76. The second-order valence-electron chi connectivity index (χ2n) is 1.93. The van der Waals surface area contributed by atoms with Crippen LogP contribution >= 0.6 is 0 Å². The van der Waals surface area contributed by atoms with Gasteiger partial charge in [-0.1, -0.05) is 0 Å². The third-order valence-corrected chi connectivity index (χ3v) is 1.23. The maximum atomic E-state index is 10.7. The molecule has 1 N–H and O–H groups in total. The molecule has 0 bridgehead atoms. The van der Waals surface area contributed by atoms with Gasteiger partial charge in [0, 0.05) is 6.92 Å². The molecule has 0 unspecified atom stereocenters. The van der Waals surface area contributed by atoms with E-state index in [9.17, 15) is 9.59 Å². The Labute approximate surface area is 52.8 Å². The van der Waals surface area contributed by atoms with Crippen molar-refractivity contribution in [3.63, 3.8) is 0 Å². The van der Waals surface area contributed by atoms with Crippen LogP contribution in [0, 0.1) is 0 Å². The molecule has 1 rings (SSSR count). The van der Waals surface area contributed by atoms with Crippen LogP contribution in [-0.2, 0) is 9.59 Å². The highest BCUT2D eigenvalue weighted by Crippen LogP contribution is 1.93. The van der Waals surface area contributed by atoms with Crippen LogP contribution in [0.5, 0.6) is 0 Å². The zero-order valence-electron chi connectivity index (χ0n) is 5.18. The van der Waals surface area contributed by atoms with Crippen molar-refractivity contribution in [2.45, 2.75) is 6.92 Å². The van der Waals surface area contributed by atoms with Gasteiger partial charge in [-0.15, -0.1) is 0 Å². The summed E-state index contributed by atoms with van der Waals surface area (Å²) in [6.07, 6.45) is 0. The summed E-state index contributed by atoms with van der Waals surface area (Å²) in [5.41, 5.74) is 0. The second-order valence-corrected chi connectivity index (χ2v) is 1.93. The summed E-state index contributed by atoms with van der Waals surface area (Å²) in [6.45, 7) is 2.04. The first kappa shape index (κ1) is 6.22. The number of hydrogen-bond acceptors (Lipinski definition) is 3. The van der Waals surface area contributed by atoms with Crippen LogP contribution in [0.15, 0.2) is 0 Å². The van der Waals surface area contributed by atoms with Crippen molar-refractivity contribution in [3.8, 4) is 0 Å². The minimum atomic E-state index is -0.190. The number of nitrogens with one attached hydrogen (secondary N) is 1. The lowest BCUT2D eigenvalue weighted by atomic mass is 10.5. The molecule has 0 aromatic carbocycles. The van der Waals surface area contributed by atoms with Gasteiger partial charge in [-0.05, 0) is 0 Å². The summed E-state index contributed by atoms with van der Waals surface area (Å²) in [5.74, 6) is -0.326. The third-order valence-electron chi connectivity index (χ3n) is 1.23. The fourth-order valence-electron chi connectivity index (χ4n) is 0.745. The molecule has 0 atom stereocenters. The van der Waals surface area contributed by atoms with E-state index in [0.29, 0.717) is 13.2 Å². The van der Waals surface area contributed by atoms with E-state index >= 15 is 0 Å². The Balaban J connectivity index is 2.60. The molecule has 50 valence electrons. The molecule has 9 heavy (non-hydrogen) atoms. The van der Waals surface area contributed by atoms with E-state index in [-0.39, 0.29) is 11.8 Å². The Bertz CT molecular complexity index is 155. The number of amides is 2. The minimum Gasteiger partial charge on any atom is -0.291 e. The van der Waals surface area contributed by atoms with Crippen LogP contribution in [0.3, 0.4) is 0 Å². The molecule has 4 heteroatoms. The number of rotatable bonds is 0. The van der Waals surface area contributed by atoms with Crippen molar-refractivity contribution in [1.82, 2.24) is 10.2 Å². The smallest absolute Gasteiger partial charge is 0.244 e. The van der Waals surface area contributed by atoms with E-state index in [1.165, 1.54) is 11.8 Å². The van der Waals surface area contributed by atoms with Crippen molar-refractivity contribution in [2.24, 2.45) is 0 Å². The summed E-state index contributed by atoms with van der Waals surface area (Å²) >= 11 is 0. The first-order chi connectivity index (χ1) is 4.22. The van der Waals surface area contributed by atoms with Crippen LogP contribution in [0.25, 0.3) is 0 Å². The molecule has 1 aliphatic heterocycles. The predicted octanol–water partition coefficient (Wildman–Crippen LogP) is -1.08. The van der Waals surface area contributed by atoms with Gasteiger partial charge in [0.25, 0.3) is 0 Å². The minimum absolute atomic E-state index is 0.137. The number of carbonyl (C=O) groups is 2. The highest BCUT2D eigenvalue weighted by molar-refractivity contribution is 5.96. The molecule has 1 aliphatic rings. The summed E-state index contributed by atoms with van der Waals surface area (Å²) in [6, 6.07) is 0. The number of carbonyl (C=O) groups excluding carboxylic acids is 2. The maximum absolute atomic E-state index is 10.7. The van der Waals surface area contributed by atoms with Crippen molar-refractivity contribution in [2.75, 3.05) is 13.2 Å². The van der Waals surface area contributed by atoms with Gasteiger partial charge in [0.05, 0.1) is 13.2 Å². The molecule has 0 aromatic rings. The fraction of sp³-hybridized carbons (Fsp3) is 0.600. The topological polar surface area (TPSA) is 49.4 Å². The molecule has 0 spiro atoms. The SMILES string of the molecule is CC(=O)N1CNCC1=O. The van der Waals surface area contributed by atoms with E-state index in [1.807, 2.05) is 0 Å². The molecule has 0 aliphatic carbocycles. The standard InChI is InChI=1S/C5H8N2O2/c1-4(8)7-3-6-2-5(7)9/h6H,2-3H2,1H3. The first-order valence-corrected chi connectivity index (χ1v) is 2.73. The summed E-state index contributed by atoms with van der Waals surface area (Å²) < 4.78 is 0. The van der Waals surface area contributed by atoms with Gasteiger partial charge in [-0.3, -0.25) is 19.8 Å². The molecule has 0 aromatic heterocycles. The van der Waals surface area contributed by atoms with Gasteiger partial charge >= 0.3 is 0 Å². The lowest BCUT2D eigenvalue weighted by molar-refractivity contribution is -0.139. The molecule has 4 nitrogen and oxygen atoms in total. The highest BCUT2D eigenvalue weighted by Gasteiger charge is 2.22. The number of nitrogens with zero attached hydrogens (tertiary/aromatic N) is 1. The Kier molecular flexibility index (Phi) is 1.48. The molecule has 1 fully saturated rings. The van der Waals surface area contributed by atoms with Gasteiger partial charge in [0.15, 0.2) is 0 Å². The average molecular weight is 128 g/mol. The quantitative estimate of drug-likeness (QED) is 0.451. The van der Waals surface area contributed by atoms with E-state index in [1.54, 1.807) is 0 Å². The normalized spacial score (nSPS) is 18.8. The zero-order valence-corrected chi connectivity index (χ0v) is 5.18. The highest BCUT2D eigenvalue weighted by atomic mass is 16.2. The molecule has 1 heterocycles. The number of imide groups is 1. The predicted molar refractivity (Wildman–Crippen MR) is 30.4 cm³/mol. The monoisotopic (exact) mass is 128 g/mol. The molecular weight excluding hydrogens is 120 g/mol. The fourth-order valence-corrected chi connectivity index (χ4v) is 0.745. The van der Waals surface area contributed by atoms with Crippen LogP contribution < -0.4 is 5.32 Å². The number of hydrogen-bond donors (Lipinski definition) is 1. The van der Waals surface area contributed by atoms with Crippen LogP contribution in [0.2, 0.25) is 0 Å². The maximum Gasteiger partial charge on any atom is 0.244 e. The van der Waals surface area contributed by atoms with Gasteiger partial charge < -0.3 is 0 Å². The van der Waals surface area contributed by atoms with Gasteiger partial charge in [0.2, 0.25) is 11.8 Å². The second kappa shape index (κ2) is 2.14. The van der Waals surface area contributed by atoms with E-state index < -0.39 is 0 Å².